The second-order valence-electron chi connectivity index (χ2n) is 3.84. The van der Waals surface area contributed by atoms with Gasteiger partial charge in [-0.2, -0.15) is 4.98 Å². The summed E-state index contributed by atoms with van der Waals surface area (Å²) in [7, 11) is 1.87. The largest absolute Gasteiger partial charge is 0.378 e. The van der Waals surface area contributed by atoms with Crippen molar-refractivity contribution >= 4 is 27.7 Å². The van der Waals surface area contributed by atoms with Crippen molar-refractivity contribution in [2.45, 2.75) is 13.3 Å². The van der Waals surface area contributed by atoms with Gasteiger partial charge in [-0.05, 0) is 22.4 Å². The number of rotatable bonds is 3. The molecule has 1 N–H and O–H groups in total. The summed E-state index contributed by atoms with van der Waals surface area (Å²) in [4.78, 5) is 11.3. The minimum absolute atomic E-state index is 0.746. The number of morpholine rings is 1. The molecule has 0 aromatic carbocycles. The third-order valence-corrected chi connectivity index (χ3v) is 3.61. The second kappa shape index (κ2) is 5.64. The van der Waals surface area contributed by atoms with Crippen LogP contribution in [0.4, 0.5) is 11.8 Å². The summed E-state index contributed by atoms with van der Waals surface area (Å²) in [5, 5.41) is 3.09. The fourth-order valence-corrected chi connectivity index (χ4v) is 2.44. The van der Waals surface area contributed by atoms with E-state index in [-0.39, 0.29) is 0 Å². The van der Waals surface area contributed by atoms with Gasteiger partial charge in [0, 0.05) is 20.1 Å². The molecule has 6 heteroatoms. The van der Waals surface area contributed by atoms with Crippen molar-refractivity contribution in [1.29, 1.82) is 0 Å². The molecule has 17 heavy (non-hydrogen) atoms. The van der Waals surface area contributed by atoms with E-state index in [1.165, 1.54) is 0 Å². The normalized spacial score (nSPS) is 16.1. The summed E-state index contributed by atoms with van der Waals surface area (Å²) in [5.41, 5.74) is 1.03. The van der Waals surface area contributed by atoms with E-state index in [0.29, 0.717) is 0 Å². The third kappa shape index (κ3) is 2.69. The molecule has 0 saturated carbocycles. The number of aromatic nitrogens is 2. The zero-order valence-electron chi connectivity index (χ0n) is 10.2. The van der Waals surface area contributed by atoms with E-state index in [1.54, 1.807) is 0 Å². The summed E-state index contributed by atoms with van der Waals surface area (Å²) >= 11 is 3.53. The number of hydrogen-bond acceptors (Lipinski definition) is 5. The van der Waals surface area contributed by atoms with Gasteiger partial charge in [-0.25, -0.2) is 4.98 Å². The van der Waals surface area contributed by atoms with Crippen LogP contribution in [0.1, 0.15) is 12.6 Å². The first-order valence-corrected chi connectivity index (χ1v) is 6.62. The van der Waals surface area contributed by atoms with E-state index in [9.17, 15) is 0 Å². The molecule has 0 bridgehead atoms. The van der Waals surface area contributed by atoms with E-state index in [1.807, 2.05) is 7.05 Å². The Labute approximate surface area is 110 Å². The van der Waals surface area contributed by atoms with Gasteiger partial charge in [0.1, 0.15) is 5.82 Å². The monoisotopic (exact) mass is 300 g/mol. The lowest BCUT2D eigenvalue weighted by Gasteiger charge is -2.27. The summed E-state index contributed by atoms with van der Waals surface area (Å²) in [5.74, 6) is 1.64. The van der Waals surface area contributed by atoms with Gasteiger partial charge in [-0.3, -0.25) is 0 Å². The van der Waals surface area contributed by atoms with Crippen molar-refractivity contribution in [2.24, 2.45) is 0 Å². The molecule has 1 aromatic heterocycles. The Hall–Kier alpha value is -0.880. The SMILES string of the molecule is CCc1nc(N2CCOCC2)nc(NC)c1Br. The van der Waals surface area contributed by atoms with E-state index in [2.05, 4.69) is 43.0 Å². The number of nitrogens with one attached hydrogen (secondary N) is 1. The second-order valence-corrected chi connectivity index (χ2v) is 4.63. The Bertz CT molecular complexity index is 368. The first-order chi connectivity index (χ1) is 8.26. The van der Waals surface area contributed by atoms with E-state index in [4.69, 9.17) is 4.74 Å². The van der Waals surface area contributed by atoms with Gasteiger partial charge < -0.3 is 15.0 Å². The van der Waals surface area contributed by atoms with Gasteiger partial charge in [0.2, 0.25) is 5.95 Å². The van der Waals surface area contributed by atoms with Crippen molar-refractivity contribution in [3.8, 4) is 0 Å². The maximum Gasteiger partial charge on any atom is 0.227 e. The molecule has 1 fully saturated rings. The molecule has 94 valence electrons. The molecule has 0 atom stereocenters. The number of aryl methyl sites for hydroxylation is 1. The first kappa shape index (κ1) is 12.6. The van der Waals surface area contributed by atoms with Crippen LogP contribution in [-0.4, -0.2) is 43.3 Å². The molecule has 2 heterocycles. The predicted octanol–water partition coefficient (Wildman–Crippen LogP) is 1.68. The lowest BCUT2D eigenvalue weighted by atomic mass is 10.3. The number of ether oxygens (including phenoxy) is 1. The molecule has 1 aromatic rings. The van der Waals surface area contributed by atoms with Crippen molar-refractivity contribution in [2.75, 3.05) is 43.6 Å². The zero-order valence-corrected chi connectivity index (χ0v) is 11.7. The molecule has 0 spiro atoms. The third-order valence-electron chi connectivity index (χ3n) is 2.77. The highest BCUT2D eigenvalue weighted by Gasteiger charge is 2.17. The van der Waals surface area contributed by atoms with Crippen LogP contribution in [0.3, 0.4) is 0 Å². The van der Waals surface area contributed by atoms with Crippen LogP contribution in [0.5, 0.6) is 0 Å². The number of nitrogens with zero attached hydrogens (tertiary/aromatic N) is 3. The molecular formula is C11H17BrN4O. The Morgan fingerprint density at radius 2 is 2.06 bits per heavy atom. The minimum atomic E-state index is 0.746. The Morgan fingerprint density at radius 3 is 2.65 bits per heavy atom. The van der Waals surface area contributed by atoms with Crippen molar-refractivity contribution < 1.29 is 4.74 Å². The maximum atomic E-state index is 5.34. The van der Waals surface area contributed by atoms with Crippen LogP contribution in [-0.2, 0) is 11.2 Å². The van der Waals surface area contributed by atoms with E-state index < -0.39 is 0 Å². The molecule has 1 aliphatic heterocycles. The van der Waals surface area contributed by atoms with Crippen molar-refractivity contribution in [3.63, 3.8) is 0 Å². The summed E-state index contributed by atoms with van der Waals surface area (Å²) in [6.45, 7) is 5.29. The van der Waals surface area contributed by atoms with Crippen molar-refractivity contribution in [3.05, 3.63) is 10.2 Å². The van der Waals surface area contributed by atoms with Crippen LogP contribution >= 0.6 is 15.9 Å². The van der Waals surface area contributed by atoms with Crippen LogP contribution in [0.2, 0.25) is 0 Å². The summed E-state index contributed by atoms with van der Waals surface area (Å²) in [6, 6.07) is 0. The number of hydrogen-bond donors (Lipinski definition) is 1. The van der Waals surface area contributed by atoms with Crippen LogP contribution < -0.4 is 10.2 Å². The summed E-state index contributed by atoms with van der Waals surface area (Å²) < 4.78 is 6.29. The average molecular weight is 301 g/mol. The molecule has 0 amide bonds. The molecule has 0 unspecified atom stereocenters. The van der Waals surface area contributed by atoms with Gasteiger partial charge in [-0.1, -0.05) is 6.92 Å². The maximum absolute atomic E-state index is 5.34. The molecule has 2 rings (SSSR count). The van der Waals surface area contributed by atoms with Gasteiger partial charge in [0.05, 0.1) is 23.4 Å². The van der Waals surface area contributed by atoms with Gasteiger partial charge in [0.25, 0.3) is 0 Å². The topological polar surface area (TPSA) is 50.3 Å². The lowest BCUT2D eigenvalue weighted by Crippen LogP contribution is -2.37. The highest BCUT2D eigenvalue weighted by Crippen LogP contribution is 2.26. The predicted molar refractivity (Wildman–Crippen MR) is 71.7 cm³/mol. The molecule has 0 aliphatic carbocycles. The fourth-order valence-electron chi connectivity index (χ4n) is 1.79. The zero-order chi connectivity index (χ0) is 12.3. The Balaban J connectivity index is 2.33. The van der Waals surface area contributed by atoms with Crippen LogP contribution in [0, 0.1) is 0 Å². The first-order valence-electron chi connectivity index (χ1n) is 5.83. The Morgan fingerprint density at radius 1 is 1.35 bits per heavy atom. The van der Waals surface area contributed by atoms with E-state index >= 15 is 0 Å². The molecule has 1 aliphatic rings. The van der Waals surface area contributed by atoms with E-state index in [0.717, 1.165) is 54.7 Å². The highest BCUT2D eigenvalue weighted by molar-refractivity contribution is 9.10. The Kier molecular flexibility index (Phi) is 4.17. The van der Waals surface area contributed by atoms with Crippen LogP contribution in [0.15, 0.2) is 4.47 Å². The van der Waals surface area contributed by atoms with Gasteiger partial charge in [-0.15, -0.1) is 0 Å². The van der Waals surface area contributed by atoms with Crippen LogP contribution in [0.25, 0.3) is 0 Å². The van der Waals surface area contributed by atoms with Gasteiger partial charge >= 0.3 is 0 Å². The molecule has 0 radical (unpaired) electrons. The standard InChI is InChI=1S/C11H17BrN4O/c1-3-8-9(12)10(13-2)15-11(14-8)16-4-6-17-7-5-16/h3-7H2,1-2H3,(H,13,14,15). The average Bonchev–Trinajstić information content (AvgIpc) is 2.40. The lowest BCUT2D eigenvalue weighted by molar-refractivity contribution is 0.122. The van der Waals surface area contributed by atoms with Crippen molar-refractivity contribution in [1.82, 2.24) is 9.97 Å². The number of anilines is 2. The highest BCUT2D eigenvalue weighted by atomic mass is 79.9. The van der Waals surface area contributed by atoms with Gasteiger partial charge in [0.15, 0.2) is 0 Å². The number of halogens is 1. The fraction of sp³-hybridized carbons (Fsp3) is 0.636. The molecular weight excluding hydrogens is 284 g/mol. The summed E-state index contributed by atoms with van der Waals surface area (Å²) in [6.07, 6.45) is 0.884. The smallest absolute Gasteiger partial charge is 0.227 e. The molecule has 5 nitrogen and oxygen atoms in total. The molecule has 1 saturated heterocycles. The quantitative estimate of drug-likeness (QED) is 0.920. The minimum Gasteiger partial charge on any atom is -0.378 e.